The van der Waals surface area contributed by atoms with Gasteiger partial charge in [0.15, 0.2) is 0 Å². The van der Waals surface area contributed by atoms with Crippen molar-refractivity contribution >= 4 is 23.6 Å². The van der Waals surface area contributed by atoms with E-state index in [9.17, 15) is 14.4 Å². The minimum atomic E-state index is -0.551. The largest absolute Gasteiger partial charge is 0.461 e. The maximum atomic E-state index is 13.5. The van der Waals surface area contributed by atoms with Gasteiger partial charge in [0.25, 0.3) is 11.8 Å². The van der Waals surface area contributed by atoms with Crippen molar-refractivity contribution in [3.63, 3.8) is 0 Å². The summed E-state index contributed by atoms with van der Waals surface area (Å²) < 4.78 is 5.48. The fourth-order valence-corrected chi connectivity index (χ4v) is 5.23. The zero-order valence-corrected chi connectivity index (χ0v) is 23.6. The number of hydrogen-bond acceptors (Lipinski definition) is 6. The average molecular weight is 553 g/mol. The highest BCUT2D eigenvalue weighted by atomic mass is 16.5. The van der Waals surface area contributed by atoms with Crippen LogP contribution >= 0.6 is 0 Å². The molecule has 0 saturated carbocycles. The molecule has 2 unspecified atom stereocenters. The Labute approximate surface area is 240 Å². The Hall–Kier alpha value is -4.46. The highest BCUT2D eigenvalue weighted by Gasteiger charge is 2.26. The van der Waals surface area contributed by atoms with Crippen molar-refractivity contribution in [3.05, 3.63) is 106 Å². The first-order chi connectivity index (χ1) is 19.9. The Bertz CT molecular complexity index is 1430. The van der Waals surface area contributed by atoms with Crippen LogP contribution in [-0.4, -0.2) is 53.7 Å². The first kappa shape index (κ1) is 28.1. The summed E-state index contributed by atoms with van der Waals surface area (Å²) in [5, 5.41) is 6.41. The molecule has 0 radical (unpaired) electrons. The smallest absolute Gasteiger partial charge is 0.306 e. The summed E-state index contributed by atoms with van der Waals surface area (Å²) in [5.74, 6) is -0.0561. The van der Waals surface area contributed by atoms with Crippen molar-refractivity contribution in [2.24, 2.45) is 4.99 Å². The molecule has 1 aliphatic carbocycles. The Morgan fingerprint density at radius 2 is 1.88 bits per heavy atom. The van der Waals surface area contributed by atoms with Gasteiger partial charge in [0.05, 0.1) is 12.1 Å². The summed E-state index contributed by atoms with van der Waals surface area (Å²) in [6.07, 6.45) is 10.5. The summed E-state index contributed by atoms with van der Waals surface area (Å²) in [4.78, 5) is 45.7. The van der Waals surface area contributed by atoms with E-state index in [0.717, 1.165) is 48.3 Å². The summed E-state index contributed by atoms with van der Waals surface area (Å²) in [6, 6.07) is 14.0. The molecule has 2 amide bonds. The van der Waals surface area contributed by atoms with Gasteiger partial charge in [-0.2, -0.15) is 0 Å². The monoisotopic (exact) mass is 552 g/mol. The second-order valence-corrected chi connectivity index (χ2v) is 10.7. The molecule has 0 spiro atoms. The van der Waals surface area contributed by atoms with Crippen molar-refractivity contribution in [2.75, 3.05) is 13.1 Å². The number of rotatable bonds is 9. The maximum absolute atomic E-state index is 13.5. The molecule has 8 nitrogen and oxygen atoms in total. The summed E-state index contributed by atoms with van der Waals surface area (Å²) in [6.45, 7) is 5.60. The zero-order valence-electron chi connectivity index (χ0n) is 23.6. The number of esters is 1. The first-order valence-corrected chi connectivity index (χ1v) is 14.2. The predicted molar refractivity (Wildman–Crippen MR) is 158 cm³/mol. The summed E-state index contributed by atoms with van der Waals surface area (Å²) >= 11 is 0. The van der Waals surface area contributed by atoms with Crippen LogP contribution in [0, 0.1) is 6.92 Å². The lowest BCUT2D eigenvalue weighted by molar-refractivity contribution is -0.145. The lowest BCUT2D eigenvalue weighted by atomic mass is 10.0. The number of hydrogen-bond donors (Lipinski definition) is 2. The fourth-order valence-electron chi connectivity index (χ4n) is 5.23. The summed E-state index contributed by atoms with van der Waals surface area (Å²) in [5.41, 5.74) is 4.72. The lowest BCUT2D eigenvalue weighted by Crippen LogP contribution is -2.48. The van der Waals surface area contributed by atoms with Crippen LogP contribution in [-0.2, 0) is 16.1 Å². The second kappa shape index (κ2) is 12.8. The third kappa shape index (κ3) is 7.20. The minimum Gasteiger partial charge on any atom is -0.461 e. The van der Waals surface area contributed by atoms with Crippen LogP contribution in [0.1, 0.15) is 64.4 Å². The maximum Gasteiger partial charge on any atom is 0.306 e. The Morgan fingerprint density at radius 1 is 1.10 bits per heavy atom. The minimum absolute atomic E-state index is 0.00638. The number of nitrogens with one attached hydrogen (secondary N) is 2. The van der Waals surface area contributed by atoms with Gasteiger partial charge in [0.1, 0.15) is 12.4 Å². The fraction of sp³-hybridized carbons (Fsp3) is 0.333. The number of fused-ring (bicyclic) bond motifs is 1. The van der Waals surface area contributed by atoms with Crippen LogP contribution in [0.15, 0.2) is 89.1 Å². The molecule has 2 atom stereocenters. The van der Waals surface area contributed by atoms with Crippen molar-refractivity contribution in [1.82, 2.24) is 15.5 Å². The third-order valence-corrected chi connectivity index (χ3v) is 7.48. The Kier molecular flexibility index (Phi) is 8.77. The van der Waals surface area contributed by atoms with E-state index in [1.165, 1.54) is 0 Å². The molecule has 212 valence electrons. The van der Waals surface area contributed by atoms with Crippen LogP contribution in [0.3, 0.4) is 0 Å². The van der Waals surface area contributed by atoms with Crippen molar-refractivity contribution in [3.8, 4) is 0 Å². The highest BCUT2D eigenvalue weighted by Crippen LogP contribution is 2.20. The number of ether oxygens (including phenoxy) is 1. The molecular weight excluding hydrogens is 516 g/mol. The van der Waals surface area contributed by atoms with Crippen LogP contribution in [0.4, 0.5) is 0 Å². The molecule has 2 bridgehead atoms. The number of amides is 2. The topological polar surface area (TPSA) is 100 Å². The number of carbonyl (C=O) groups excluding carboxylic acids is 3. The number of aryl methyl sites for hydroxylation is 1. The van der Waals surface area contributed by atoms with E-state index in [1.807, 2.05) is 73.4 Å². The van der Waals surface area contributed by atoms with E-state index in [2.05, 4.69) is 10.6 Å². The van der Waals surface area contributed by atoms with E-state index in [0.29, 0.717) is 23.4 Å². The molecule has 2 N–H and O–H groups in total. The van der Waals surface area contributed by atoms with E-state index >= 15 is 0 Å². The molecule has 41 heavy (non-hydrogen) atoms. The van der Waals surface area contributed by atoms with Crippen molar-refractivity contribution in [2.45, 2.75) is 58.2 Å². The number of nitrogens with zero attached hydrogens (tertiary/aromatic N) is 2. The molecule has 8 heteroatoms. The quantitative estimate of drug-likeness (QED) is 0.442. The molecule has 2 aliphatic heterocycles. The highest BCUT2D eigenvalue weighted by molar-refractivity contribution is 6.01. The molecule has 3 aliphatic rings. The van der Waals surface area contributed by atoms with Gasteiger partial charge in [-0.1, -0.05) is 42.5 Å². The van der Waals surface area contributed by atoms with Gasteiger partial charge in [0, 0.05) is 36.3 Å². The summed E-state index contributed by atoms with van der Waals surface area (Å²) in [7, 11) is 0. The molecule has 1 fully saturated rings. The Morgan fingerprint density at radius 3 is 2.63 bits per heavy atom. The number of benzene rings is 2. The van der Waals surface area contributed by atoms with Crippen molar-refractivity contribution < 1.29 is 19.1 Å². The Balaban J connectivity index is 1.29. The molecule has 2 aromatic rings. The zero-order chi connectivity index (χ0) is 28.8. The van der Waals surface area contributed by atoms with E-state index in [4.69, 9.17) is 9.73 Å². The number of carbonyl (C=O) groups is 3. The van der Waals surface area contributed by atoms with Crippen LogP contribution < -0.4 is 10.6 Å². The SMILES string of the molecule is CC1=CC2=CC(C=C1)N=C(C(CCC(=O)OCc1ccccc1)NC(=O)c1ccc(C(=O)N3CCCC3)c(C)c1)N2. The normalized spacial score (nSPS) is 18.3. The molecule has 5 rings (SSSR count). The van der Waals surface area contributed by atoms with Gasteiger partial charge in [0.2, 0.25) is 0 Å². The number of allylic oxidation sites excluding steroid dienone is 3. The van der Waals surface area contributed by atoms with Crippen LogP contribution in [0.2, 0.25) is 0 Å². The second-order valence-electron chi connectivity index (χ2n) is 10.7. The lowest BCUT2D eigenvalue weighted by Gasteiger charge is -2.26. The van der Waals surface area contributed by atoms with E-state index in [-0.39, 0.29) is 36.9 Å². The van der Waals surface area contributed by atoms with Gasteiger partial charge < -0.3 is 20.3 Å². The molecule has 2 aromatic carbocycles. The van der Waals surface area contributed by atoms with Gasteiger partial charge in [-0.05, 0) is 80.2 Å². The van der Waals surface area contributed by atoms with Gasteiger partial charge in [-0.25, -0.2) is 0 Å². The molecule has 2 heterocycles. The average Bonchev–Trinajstić information content (AvgIpc) is 3.48. The standard InChI is InChI=1S/C33H36N4O4/c1-22-10-12-26-20-27(18-22)35-31(34-26)29(14-15-30(38)41-21-24-8-4-3-5-9-24)36-32(39)25-11-13-28(23(2)19-25)33(40)37-16-6-7-17-37/h3-5,8-13,18-20,26,29H,6-7,14-17,21H2,1-2H3,(H,34,35)(H,36,39). The van der Waals surface area contributed by atoms with Gasteiger partial charge in [-0.3, -0.25) is 19.4 Å². The van der Waals surface area contributed by atoms with E-state index in [1.54, 1.807) is 18.2 Å². The third-order valence-electron chi connectivity index (χ3n) is 7.48. The molecular formula is C33H36N4O4. The van der Waals surface area contributed by atoms with E-state index < -0.39 is 6.04 Å². The van der Waals surface area contributed by atoms with Gasteiger partial charge in [-0.15, -0.1) is 0 Å². The number of aliphatic imine (C=N–C) groups is 1. The first-order valence-electron chi connectivity index (χ1n) is 14.2. The number of amidine groups is 1. The molecule has 1 saturated heterocycles. The molecule has 0 aromatic heterocycles. The van der Waals surface area contributed by atoms with Gasteiger partial charge >= 0.3 is 5.97 Å². The van der Waals surface area contributed by atoms with Crippen molar-refractivity contribution in [1.29, 1.82) is 0 Å². The predicted octanol–water partition coefficient (Wildman–Crippen LogP) is 4.62. The van der Waals surface area contributed by atoms with Crippen LogP contribution in [0.5, 0.6) is 0 Å². The number of likely N-dealkylation sites (tertiary alicyclic amines) is 1. The van der Waals surface area contributed by atoms with Crippen LogP contribution in [0.25, 0.3) is 0 Å².